The molecule has 1 aliphatic rings. The third-order valence-corrected chi connectivity index (χ3v) is 2.41. The minimum Gasteiger partial charge on any atom is -0.428 e. The molecule has 1 saturated heterocycles. The summed E-state index contributed by atoms with van der Waals surface area (Å²) in [6.45, 7) is 1.12. The van der Waals surface area contributed by atoms with Crippen LogP contribution in [0.2, 0.25) is 0 Å². The molecule has 2 rings (SSSR count). The van der Waals surface area contributed by atoms with Crippen LogP contribution < -0.4 is 5.32 Å². The first-order valence-electron chi connectivity index (χ1n) is 5.64. The quantitative estimate of drug-likeness (QED) is 0.799. The van der Waals surface area contributed by atoms with Crippen LogP contribution >= 0.6 is 0 Å². The molecule has 1 aromatic rings. The third-order valence-electron chi connectivity index (χ3n) is 2.41. The molecule has 0 bridgehead atoms. The molecule has 18 heavy (non-hydrogen) atoms. The Morgan fingerprint density at radius 3 is 2.83 bits per heavy atom. The standard InChI is InChI=1S/C12H14N2O4/c15-11-8-14(7-6-13-11)18-12(16)17-9-10-4-2-1-3-5-10/h1-5H,6-9H2,(H,13,15). The van der Waals surface area contributed by atoms with Crippen LogP contribution in [0.15, 0.2) is 30.3 Å². The second-order valence-corrected chi connectivity index (χ2v) is 3.83. The molecule has 6 nitrogen and oxygen atoms in total. The topological polar surface area (TPSA) is 67.9 Å². The van der Waals surface area contributed by atoms with Crippen molar-refractivity contribution in [3.63, 3.8) is 0 Å². The van der Waals surface area contributed by atoms with Crippen LogP contribution in [0.3, 0.4) is 0 Å². The van der Waals surface area contributed by atoms with E-state index in [1.165, 1.54) is 5.06 Å². The van der Waals surface area contributed by atoms with E-state index in [1.54, 1.807) is 0 Å². The van der Waals surface area contributed by atoms with Gasteiger partial charge in [0.2, 0.25) is 5.91 Å². The molecule has 0 aromatic heterocycles. The van der Waals surface area contributed by atoms with E-state index in [0.717, 1.165) is 5.56 Å². The highest BCUT2D eigenvalue weighted by molar-refractivity contribution is 5.78. The van der Waals surface area contributed by atoms with Gasteiger partial charge >= 0.3 is 6.16 Å². The zero-order chi connectivity index (χ0) is 12.8. The van der Waals surface area contributed by atoms with Crippen LogP contribution in [0.25, 0.3) is 0 Å². The largest absolute Gasteiger partial charge is 0.528 e. The summed E-state index contributed by atoms with van der Waals surface area (Å²) in [5, 5.41) is 3.91. The van der Waals surface area contributed by atoms with E-state index in [4.69, 9.17) is 9.57 Å². The van der Waals surface area contributed by atoms with Gasteiger partial charge in [-0.25, -0.2) is 4.79 Å². The van der Waals surface area contributed by atoms with Crippen LogP contribution in [0.4, 0.5) is 4.79 Å². The Morgan fingerprint density at radius 1 is 1.33 bits per heavy atom. The molecule has 0 saturated carbocycles. The smallest absolute Gasteiger partial charge is 0.428 e. The molecular weight excluding hydrogens is 236 g/mol. The van der Waals surface area contributed by atoms with Crippen molar-refractivity contribution in [2.75, 3.05) is 19.6 Å². The molecular formula is C12H14N2O4. The van der Waals surface area contributed by atoms with Gasteiger partial charge in [0.1, 0.15) is 13.2 Å². The molecule has 96 valence electrons. The lowest BCUT2D eigenvalue weighted by atomic mass is 10.2. The van der Waals surface area contributed by atoms with Gasteiger partial charge in [0.25, 0.3) is 0 Å². The number of amides is 1. The molecule has 0 aliphatic carbocycles. The van der Waals surface area contributed by atoms with Crippen molar-refractivity contribution < 1.29 is 19.2 Å². The lowest BCUT2D eigenvalue weighted by Gasteiger charge is -2.24. The Bertz CT molecular complexity index is 421. The number of piperazine rings is 1. The van der Waals surface area contributed by atoms with Crippen LogP contribution in [0.1, 0.15) is 5.56 Å². The number of carbonyl (C=O) groups excluding carboxylic acids is 2. The predicted octanol–water partition coefficient (Wildman–Crippen LogP) is 0.687. The Hall–Kier alpha value is -2.08. The number of hydrogen-bond donors (Lipinski definition) is 1. The number of benzene rings is 1. The summed E-state index contributed by atoms with van der Waals surface area (Å²) in [6.07, 6.45) is -0.798. The predicted molar refractivity (Wildman–Crippen MR) is 62.3 cm³/mol. The van der Waals surface area contributed by atoms with E-state index in [2.05, 4.69) is 5.32 Å². The lowest BCUT2D eigenvalue weighted by Crippen LogP contribution is -2.48. The number of hydroxylamine groups is 2. The van der Waals surface area contributed by atoms with E-state index in [9.17, 15) is 9.59 Å². The highest BCUT2D eigenvalue weighted by Crippen LogP contribution is 2.03. The zero-order valence-corrected chi connectivity index (χ0v) is 9.80. The normalized spacial score (nSPS) is 15.9. The molecule has 1 fully saturated rings. The average Bonchev–Trinajstić information content (AvgIpc) is 2.38. The first-order chi connectivity index (χ1) is 8.74. The van der Waals surface area contributed by atoms with Crippen molar-refractivity contribution in [2.24, 2.45) is 0 Å². The Labute approximate surface area is 104 Å². The van der Waals surface area contributed by atoms with Gasteiger partial charge < -0.3 is 14.9 Å². The Balaban J connectivity index is 1.73. The van der Waals surface area contributed by atoms with Gasteiger partial charge in [0.15, 0.2) is 0 Å². The van der Waals surface area contributed by atoms with Gasteiger partial charge in [0, 0.05) is 6.54 Å². The van der Waals surface area contributed by atoms with E-state index in [-0.39, 0.29) is 19.1 Å². The second kappa shape index (κ2) is 6.02. The van der Waals surface area contributed by atoms with Crippen molar-refractivity contribution in [1.82, 2.24) is 10.4 Å². The minimum atomic E-state index is -0.798. The fourth-order valence-electron chi connectivity index (χ4n) is 1.54. The number of ether oxygens (including phenoxy) is 1. The summed E-state index contributed by atoms with van der Waals surface area (Å²) < 4.78 is 4.93. The first kappa shape index (κ1) is 12.4. The summed E-state index contributed by atoms with van der Waals surface area (Å²) >= 11 is 0. The van der Waals surface area contributed by atoms with Gasteiger partial charge in [-0.2, -0.15) is 0 Å². The molecule has 1 aromatic carbocycles. The van der Waals surface area contributed by atoms with Crippen LogP contribution in [-0.2, 0) is 21.0 Å². The highest BCUT2D eigenvalue weighted by Gasteiger charge is 2.20. The monoisotopic (exact) mass is 250 g/mol. The zero-order valence-electron chi connectivity index (χ0n) is 9.80. The summed E-state index contributed by atoms with van der Waals surface area (Å²) in [4.78, 5) is 27.3. The SMILES string of the molecule is O=C1CN(OC(=O)OCc2ccccc2)CCN1. The summed E-state index contributed by atoms with van der Waals surface area (Å²) in [6, 6.07) is 9.30. The van der Waals surface area contributed by atoms with Crippen molar-refractivity contribution in [3.8, 4) is 0 Å². The summed E-state index contributed by atoms with van der Waals surface area (Å²) in [5.41, 5.74) is 0.880. The maximum Gasteiger partial charge on any atom is 0.528 e. The molecule has 1 N–H and O–H groups in total. The molecule has 1 heterocycles. The molecule has 0 unspecified atom stereocenters. The summed E-state index contributed by atoms with van der Waals surface area (Å²) in [5.74, 6) is -0.169. The summed E-state index contributed by atoms with van der Waals surface area (Å²) in [7, 11) is 0. The van der Waals surface area contributed by atoms with Gasteiger partial charge in [-0.15, -0.1) is 5.06 Å². The minimum absolute atomic E-state index is 0.0421. The van der Waals surface area contributed by atoms with Gasteiger partial charge in [-0.05, 0) is 5.56 Å². The number of rotatable bonds is 3. The molecule has 1 aliphatic heterocycles. The van der Waals surface area contributed by atoms with Crippen molar-refractivity contribution in [2.45, 2.75) is 6.61 Å². The van der Waals surface area contributed by atoms with Crippen LogP contribution in [0, 0.1) is 0 Å². The average molecular weight is 250 g/mol. The molecule has 0 radical (unpaired) electrons. The van der Waals surface area contributed by atoms with E-state index < -0.39 is 6.16 Å². The fourth-order valence-corrected chi connectivity index (χ4v) is 1.54. The number of nitrogens with one attached hydrogen (secondary N) is 1. The van der Waals surface area contributed by atoms with E-state index in [1.807, 2.05) is 30.3 Å². The first-order valence-corrected chi connectivity index (χ1v) is 5.64. The molecule has 6 heteroatoms. The van der Waals surface area contributed by atoms with E-state index in [0.29, 0.717) is 13.1 Å². The van der Waals surface area contributed by atoms with Crippen LogP contribution in [-0.4, -0.2) is 36.8 Å². The second-order valence-electron chi connectivity index (χ2n) is 3.83. The molecule has 1 amide bonds. The lowest BCUT2D eigenvalue weighted by molar-refractivity contribution is -0.155. The third kappa shape index (κ3) is 3.74. The van der Waals surface area contributed by atoms with Gasteiger partial charge in [-0.1, -0.05) is 30.3 Å². The van der Waals surface area contributed by atoms with Crippen molar-refractivity contribution in [1.29, 1.82) is 0 Å². The Morgan fingerprint density at radius 2 is 2.11 bits per heavy atom. The number of hydrogen-bond acceptors (Lipinski definition) is 5. The maximum atomic E-state index is 11.4. The van der Waals surface area contributed by atoms with Crippen molar-refractivity contribution in [3.05, 3.63) is 35.9 Å². The van der Waals surface area contributed by atoms with Gasteiger partial charge in [0.05, 0.1) is 6.54 Å². The maximum absolute atomic E-state index is 11.4. The fraction of sp³-hybridized carbons (Fsp3) is 0.333. The number of nitrogens with zero attached hydrogens (tertiary/aromatic N) is 1. The van der Waals surface area contributed by atoms with E-state index >= 15 is 0 Å². The number of carbonyl (C=O) groups is 2. The Kier molecular flexibility index (Phi) is 4.14. The highest BCUT2D eigenvalue weighted by atomic mass is 16.8. The van der Waals surface area contributed by atoms with Gasteiger partial charge in [-0.3, -0.25) is 4.79 Å². The molecule has 0 spiro atoms. The van der Waals surface area contributed by atoms with Crippen molar-refractivity contribution >= 4 is 12.1 Å². The molecule has 0 atom stereocenters. The van der Waals surface area contributed by atoms with Crippen LogP contribution in [0.5, 0.6) is 0 Å².